The smallest absolute Gasteiger partial charge is 0.277 e. The molecule has 2 aromatic rings. The molecule has 0 atom stereocenters. The van der Waals surface area contributed by atoms with E-state index in [4.69, 9.17) is 4.74 Å². The number of hydrogen-bond acceptors (Lipinski definition) is 3. The van der Waals surface area contributed by atoms with Gasteiger partial charge in [0.05, 0.1) is 0 Å². The lowest BCUT2D eigenvalue weighted by Gasteiger charge is -2.07. The van der Waals surface area contributed by atoms with Crippen LogP contribution in [-0.4, -0.2) is 18.2 Å². The number of hydrogen-bond donors (Lipinski definition) is 1. The van der Waals surface area contributed by atoms with E-state index in [9.17, 15) is 4.79 Å². The normalized spacial score (nSPS) is 12.7. The van der Waals surface area contributed by atoms with Crippen LogP contribution >= 0.6 is 0 Å². The highest BCUT2D eigenvalue weighted by Crippen LogP contribution is 2.19. The van der Waals surface area contributed by atoms with Gasteiger partial charge in [-0.3, -0.25) is 4.79 Å². The lowest BCUT2D eigenvalue weighted by Crippen LogP contribution is -2.26. The van der Waals surface area contributed by atoms with Crippen molar-refractivity contribution in [1.82, 2.24) is 5.43 Å². The van der Waals surface area contributed by atoms with Crippen LogP contribution in [-0.2, 0) is 17.6 Å². The maximum absolute atomic E-state index is 11.9. The van der Waals surface area contributed by atoms with Crippen LogP contribution in [0, 0.1) is 13.8 Å². The van der Waals surface area contributed by atoms with E-state index in [0.717, 1.165) is 24.1 Å². The molecule has 4 heteroatoms. The Hall–Kier alpha value is -2.62. The second-order valence-electron chi connectivity index (χ2n) is 5.87. The highest BCUT2D eigenvalue weighted by atomic mass is 16.5. The average Bonchev–Trinajstić information content (AvgIpc) is 2.97. The van der Waals surface area contributed by atoms with Crippen molar-refractivity contribution >= 4 is 11.6 Å². The molecule has 0 saturated carbocycles. The summed E-state index contributed by atoms with van der Waals surface area (Å²) in [6.07, 6.45) is 1.60. The Bertz CT molecular complexity index is 739. The van der Waals surface area contributed by atoms with Gasteiger partial charge in [0, 0.05) is 18.6 Å². The maximum atomic E-state index is 11.9. The monoisotopic (exact) mass is 308 g/mol. The number of carbonyl (C=O) groups excluding carboxylic acids is 1. The first-order valence-corrected chi connectivity index (χ1v) is 7.73. The number of fused-ring (bicyclic) bond motifs is 1. The van der Waals surface area contributed by atoms with Gasteiger partial charge in [0.25, 0.3) is 5.91 Å². The van der Waals surface area contributed by atoms with Gasteiger partial charge in [-0.2, -0.15) is 5.10 Å². The van der Waals surface area contributed by atoms with Crippen molar-refractivity contribution in [3.63, 3.8) is 0 Å². The number of benzene rings is 2. The zero-order valence-corrected chi connectivity index (χ0v) is 13.4. The fourth-order valence-corrected chi connectivity index (χ4v) is 2.61. The fourth-order valence-electron chi connectivity index (χ4n) is 2.61. The number of rotatable bonds is 4. The molecular weight excluding hydrogens is 288 g/mol. The maximum Gasteiger partial charge on any atom is 0.277 e. The summed E-state index contributed by atoms with van der Waals surface area (Å²) < 4.78 is 5.50. The van der Waals surface area contributed by atoms with Gasteiger partial charge in [0.1, 0.15) is 5.75 Å². The summed E-state index contributed by atoms with van der Waals surface area (Å²) in [5.41, 5.74) is 8.47. The van der Waals surface area contributed by atoms with E-state index < -0.39 is 0 Å². The van der Waals surface area contributed by atoms with Gasteiger partial charge in [0.15, 0.2) is 6.61 Å². The second kappa shape index (κ2) is 6.65. The lowest BCUT2D eigenvalue weighted by atomic mass is 10.1. The van der Waals surface area contributed by atoms with E-state index in [0.29, 0.717) is 5.75 Å². The number of nitrogens with one attached hydrogen (secondary N) is 1. The number of hydrazone groups is 1. The topological polar surface area (TPSA) is 50.7 Å². The van der Waals surface area contributed by atoms with Crippen molar-refractivity contribution in [3.05, 3.63) is 64.7 Å². The Balaban J connectivity index is 1.50. The van der Waals surface area contributed by atoms with Gasteiger partial charge in [-0.25, -0.2) is 5.43 Å². The minimum atomic E-state index is -0.244. The molecule has 0 fully saturated rings. The third kappa shape index (κ3) is 3.77. The number of nitrogens with zero attached hydrogens (tertiary/aromatic N) is 1. The summed E-state index contributed by atoms with van der Waals surface area (Å²) in [6, 6.07) is 14.0. The Morgan fingerprint density at radius 1 is 1.09 bits per heavy atom. The third-order valence-electron chi connectivity index (χ3n) is 4.09. The van der Waals surface area contributed by atoms with Crippen LogP contribution in [0.25, 0.3) is 0 Å². The fraction of sp³-hybridized carbons (Fsp3) is 0.263. The van der Waals surface area contributed by atoms with Crippen LogP contribution in [0.5, 0.6) is 5.75 Å². The first-order valence-electron chi connectivity index (χ1n) is 7.73. The van der Waals surface area contributed by atoms with Crippen molar-refractivity contribution in [2.24, 2.45) is 5.10 Å². The van der Waals surface area contributed by atoms with Gasteiger partial charge < -0.3 is 4.74 Å². The van der Waals surface area contributed by atoms with Crippen LogP contribution in [0.2, 0.25) is 0 Å². The summed E-state index contributed by atoms with van der Waals surface area (Å²) in [7, 11) is 0. The van der Waals surface area contributed by atoms with E-state index >= 15 is 0 Å². The molecule has 1 aliphatic carbocycles. The van der Waals surface area contributed by atoms with E-state index in [-0.39, 0.29) is 12.5 Å². The van der Waals surface area contributed by atoms with Crippen molar-refractivity contribution < 1.29 is 9.53 Å². The molecule has 0 unspecified atom stereocenters. The van der Waals surface area contributed by atoms with Crippen molar-refractivity contribution in [1.29, 1.82) is 0 Å². The first-order chi connectivity index (χ1) is 11.1. The van der Waals surface area contributed by atoms with Crippen molar-refractivity contribution in [2.75, 3.05) is 6.61 Å². The van der Waals surface area contributed by atoms with Crippen LogP contribution in [0.15, 0.2) is 47.6 Å². The molecule has 2 aromatic carbocycles. The molecule has 3 rings (SSSR count). The molecule has 0 saturated heterocycles. The molecule has 0 heterocycles. The highest BCUT2D eigenvalue weighted by molar-refractivity contribution is 5.93. The van der Waals surface area contributed by atoms with Crippen LogP contribution in [0.3, 0.4) is 0 Å². The zero-order valence-electron chi connectivity index (χ0n) is 13.4. The van der Waals surface area contributed by atoms with E-state index in [1.807, 2.05) is 44.2 Å². The van der Waals surface area contributed by atoms with Crippen LogP contribution < -0.4 is 10.2 Å². The van der Waals surface area contributed by atoms with E-state index in [1.54, 1.807) is 0 Å². The number of aryl methyl sites for hydroxylation is 2. The molecule has 0 aliphatic heterocycles. The molecule has 0 bridgehead atoms. The first kappa shape index (κ1) is 15.3. The minimum absolute atomic E-state index is 0.0355. The molecule has 0 aromatic heterocycles. The zero-order chi connectivity index (χ0) is 16.2. The molecule has 1 N–H and O–H groups in total. The van der Waals surface area contributed by atoms with Crippen LogP contribution in [0.1, 0.15) is 22.3 Å². The molecule has 0 radical (unpaired) electrons. The Kier molecular flexibility index (Phi) is 4.42. The van der Waals surface area contributed by atoms with Gasteiger partial charge in [-0.1, -0.05) is 30.3 Å². The number of ether oxygens (including phenoxy) is 1. The summed E-state index contributed by atoms with van der Waals surface area (Å²) in [5.74, 6) is 0.454. The Morgan fingerprint density at radius 3 is 2.43 bits per heavy atom. The predicted molar refractivity (Wildman–Crippen MR) is 90.8 cm³/mol. The predicted octanol–water partition coefficient (Wildman–Crippen LogP) is 2.95. The van der Waals surface area contributed by atoms with Gasteiger partial charge >= 0.3 is 0 Å². The van der Waals surface area contributed by atoms with Crippen LogP contribution in [0.4, 0.5) is 0 Å². The molecule has 1 amide bonds. The third-order valence-corrected chi connectivity index (χ3v) is 4.09. The second-order valence-corrected chi connectivity index (χ2v) is 5.87. The molecular formula is C19H20N2O2. The Labute approximate surface area is 136 Å². The summed E-state index contributed by atoms with van der Waals surface area (Å²) in [5, 5.41) is 4.22. The number of amides is 1. The average molecular weight is 308 g/mol. The number of carbonyl (C=O) groups is 1. The molecule has 23 heavy (non-hydrogen) atoms. The summed E-state index contributed by atoms with van der Waals surface area (Å²) in [6.45, 7) is 4.03. The van der Waals surface area contributed by atoms with Gasteiger partial charge in [-0.15, -0.1) is 0 Å². The molecule has 4 nitrogen and oxygen atoms in total. The minimum Gasteiger partial charge on any atom is -0.484 e. The van der Waals surface area contributed by atoms with Crippen molar-refractivity contribution in [3.8, 4) is 5.75 Å². The Morgan fingerprint density at radius 2 is 1.78 bits per heavy atom. The standard InChI is InChI=1S/C19H20N2O2/c1-13-7-8-18(9-14(13)2)23-12-19(22)21-20-17-10-15-5-3-4-6-16(15)11-17/h3-9H,10-12H2,1-2H3,(H,21,22). The molecule has 118 valence electrons. The SMILES string of the molecule is Cc1ccc(OCC(=O)NN=C2Cc3ccccc3C2)cc1C. The summed E-state index contributed by atoms with van der Waals surface area (Å²) >= 11 is 0. The lowest BCUT2D eigenvalue weighted by molar-refractivity contribution is -0.123. The van der Waals surface area contributed by atoms with E-state index in [1.165, 1.54) is 16.7 Å². The molecule has 0 spiro atoms. The summed E-state index contributed by atoms with van der Waals surface area (Å²) in [4.78, 5) is 11.9. The van der Waals surface area contributed by atoms with E-state index in [2.05, 4.69) is 22.7 Å². The highest BCUT2D eigenvalue weighted by Gasteiger charge is 2.16. The van der Waals surface area contributed by atoms with Gasteiger partial charge in [0.2, 0.25) is 0 Å². The molecule has 1 aliphatic rings. The van der Waals surface area contributed by atoms with Crippen molar-refractivity contribution in [2.45, 2.75) is 26.7 Å². The largest absolute Gasteiger partial charge is 0.484 e. The van der Waals surface area contributed by atoms with Gasteiger partial charge in [-0.05, 0) is 48.2 Å². The quantitative estimate of drug-likeness (QED) is 0.883.